The van der Waals surface area contributed by atoms with Crippen LogP contribution in [0.15, 0.2) is 72.8 Å². The minimum atomic E-state index is -0.751. The van der Waals surface area contributed by atoms with Gasteiger partial charge in [0, 0.05) is 36.0 Å². The Hall–Kier alpha value is -3.87. The molecule has 4 aliphatic rings. The van der Waals surface area contributed by atoms with Crippen molar-refractivity contribution in [2.75, 3.05) is 13.2 Å². The lowest BCUT2D eigenvalue weighted by atomic mass is 9.95. The molecule has 15 nitrogen and oxygen atoms in total. The smallest absolute Gasteiger partial charge is 0.220 e. The molecule has 0 saturated carbocycles. The predicted molar refractivity (Wildman–Crippen MR) is 260 cm³/mol. The molecule has 7 rings (SSSR count). The Bertz CT molecular complexity index is 2010. The number of phenols is 3. The van der Waals surface area contributed by atoms with Crippen LogP contribution in [-0.2, 0) is 42.7 Å². The SMILES string of the molecule is CCCCCC(=O)NCC1OC(CCCC2CC(C)OC(c3ccccc3O)O2)CC(CC(O)CCCC2CC(CCCC(O)CC3CCOC(c4ccccc4O)O3)OC(c3ccccc3O)O2)O1. The van der Waals surface area contributed by atoms with Crippen molar-refractivity contribution in [1.29, 1.82) is 0 Å². The van der Waals surface area contributed by atoms with Gasteiger partial charge in [-0.3, -0.25) is 4.79 Å². The number of carbonyl (C=O) groups excluding carboxylic acids is 1. The third-order valence-electron chi connectivity index (χ3n) is 14.0. The van der Waals surface area contributed by atoms with E-state index in [0.717, 1.165) is 51.4 Å². The first-order chi connectivity index (χ1) is 34.0. The van der Waals surface area contributed by atoms with E-state index in [2.05, 4.69) is 12.2 Å². The zero-order valence-electron chi connectivity index (χ0n) is 41.2. The van der Waals surface area contributed by atoms with Crippen LogP contribution < -0.4 is 5.32 Å². The van der Waals surface area contributed by atoms with Crippen molar-refractivity contribution < 1.29 is 68.2 Å². The minimum absolute atomic E-state index is 0.0229. The van der Waals surface area contributed by atoms with Crippen LogP contribution in [0.3, 0.4) is 0 Å². The number of unbranched alkanes of at least 4 members (excludes halogenated alkanes) is 2. The van der Waals surface area contributed by atoms with Gasteiger partial charge in [0.1, 0.15) is 17.2 Å². The summed E-state index contributed by atoms with van der Waals surface area (Å²) in [6.45, 7) is 4.85. The Morgan fingerprint density at radius 3 is 1.63 bits per heavy atom. The molecule has 388 valence electrons. The lowest BCUT2D eigenvalue weighted by molar-refractivity contribution is -0.251. The lowest BCUT2D eigenvalue weighted by Crippen LogP contribution is -2.45. The van der Waals surface area contributed by atoms with E-state index >= 15 is 0 Å². The van der Waals surface area contributed by atoms with Gasteiger partial charge in [0.25, 0.3) is 0 Å². The van der Waals surface area contributed by atoms with Crippen molar-refractivity contribution in [3.63, 3.8) is 0 Å². The largest absolute Gasteiger partial charge is 0.507 e. The number of aliphatic hydroxyl groups is 2. The molecule has 4 heterocycles. The summed E-state index contributed by atoms with van der Waals surface area (Å²) < 4.78 is 50.0. The van der Waals surface area contributed by atoms with Crippen LogP contribution >= 0.6 is 0 Å². The molecule has 3 aromatic carbocycles. The number of hydrogen-bond donors (Lipinski definition) is 6. The van der Waals surface area contributed by atoms with Crippen molar-refractivity contribution in [3.05, 3.63) is 89.5 Å². The van der Waals surface area contributed by atoms with E-state index in [1.807, 2.05) is 37.3 Å². The van der Waals surface area contributed by atoms with Crippen molar-refractivity contribution >= 4 is 5.91 Å². The number of aromatic hydroxyl groups is 3. The van der Waals surface area contributed by atoms with Crippen LogP contribution in [0.4, 0.5) is 0 Å². The number of hydrogen-bond acceptors (Lipinski definition) is 14. The number of benzene rings is 3. The molecule has 0 spiro atoms. The highest BCUT2D eigenvalue weighted by Crippen LogP contribution is 2.39. The summed E-state index contributed by atoms with van der Waals surface area (Å²) in [5, 5.41) is 57.0. The molecule has 4 saturated heterocycles. The quantitative estimate of drug-likeness (QED) is 0.0438. The van der Waals surface area contributed by atoms with Crippen LogP contribution in [0, 0.1) is 0 Å². The van der Waals surface area contributed by atoms with Crippen molar-refractivity contribution in [2.45, 2.75) is 216 Å². The first-order valence-electron chi connectivity index (χ1n) is 26.2. The molecule has 4 aliphatic heterocycles. The van der Waals surface area contributed by atoms with Gasteiger partial charge < -0.3 is 68.7 Å². The van der Waals surface area contributed by atoms with Gasteiger partial charge in [-0.25, -0.2) is 0 Å². The number of nitrogens with one attached hydrogen (secondary N) is 1. The van der Waals surface area contributed by atoms with Gasteiger partial charge in [-0.05, 0) is 115 Å². The number of amides is 1. The van der Waals surface area contributed by atoms with E-state index in [1.165, 1.54) is 0 Å². The normalized spacial score (nSPS) is 29.3. The minimum Gasteiger partial charge on any atom is -0.507 e. The molecule has 70 heavy (non-hydrogen) atoms. The van der Waals surface area contributed by atoms with Gasteiger partial charge >= 0.3 is 0 Å². The Balaban J connectivity index is 0.882. The van der Waals surface area contributed by atoms with Crippen molar-refractivity contribution in [1.82, 2.24) is 5.32 Å². The van der Waals surface area contributed by atoms with E-state index < -0.39 is 37.4 Å². The van der Waals surface area contributed by atoms with E-state index in [0.29, 0.717) is 93.9 Å². The van der Waals surface area contributed by atoms with E-state index in [9.17, 15) is 30.3 Å². The fraction of sp³-hybridized carbons (Fsp3) is 0.655. The monoisotopic (exact) mass is 978 g/mol. The number of para-hydroxylation sites is 3. The van der Waals surface area contributed by atoms with Crippen molar-refractivity contribution in [2.24, 2.45) is 0 Å². The molecule has 6 N–H and O–H groups in total. The van der Waals surface area contributed by atoms with Gasteiger partial charge in [0.05, 0.1) is 68.1 Å². The Labute approximate surface area is 414 Å². The number of ether oxygens (including phenoxy) is 8. The van der Waals surface area contributed by atoms with E-state index in [4.69, 9.17) is 37.9 Å². The summed E-state index contributed by atoms with van der Waals surface area (Å²) in [6, 6.07) is 21.1. The zero-order valence-corrected chi connectivity index (χ0v) is 41.2. The number of rotatable bonds is 25. The Morgan fingerprint density at radius 1 is 0.571 bits per heavy atom. The maximum Gasteiger partial charge on any atom is 0.220 e. The molecule has 0 aliphatic carbocycles. The maximum atomic E-state index is 12.7. The molecule has 1 amide bonds. The number of phenolic OH excluding ortho intramolecular Hbond substituents is 3. The van der Waals surface area contributed by atoms with Gasteiger partial charge in [0.2, 0.25) is 5.91 Å². The Kier molecular flexibility index (Phi) is 21.4. The van der Waals surface area contributed by atoms with Crippen molar-refractivity contribution in [3.8, 4) is 17.2 Å². The van der Waals surface area contributed by atoms with Gasteiger partial charge in [-0.15, -0.1) is 0 Å². The second-order valence-electron chi connectivity index (χ2n) is 19.8. The van der Waals surface area contributed by atoms with Crippen LogP contribution in [-0.4, -0.2) is 106 Å². The van der Waals surface area contributed by atoms with E-state index in [1.54, 1.807) is 42.5 Å². The first kappa shape index (κ1) is 53.9. The summed E-state index contributed by atoms with van der Waals surface area (Å²) in [5.41, 5.74) is 1.77. The molecular weight excluding hydrogens is 899 g/mol. The second-order valence-corrected chi connectivity index (χ2v) is 19.8. The summed E-state index contributed by atoms with van der Waals surface area (Å²) >= 11 is 0. The van der Waals surface area contributed by atoms with Gasteiger partial charge in [-0.1, -0.05) is 74.4 Å². The van der Waals surface area contributed by atoms with Crippen LogP contribution in [0.5, 0.6) is 17.2 Å². The molecular formula is C55H79NO14. The summed E-state index contributed by atoms with van der Waals surface area (Å²) in [7, 11) is 0. The topological polar surface area (TPSA) is 204 Å². The number of carbonyl (C=O) groups is 1. The zero-order chi connectivity index (χ0) is 49.2. The summed E-state index contributed by atoms with van der Waals surface area (Å²) in [4.78, 5) is 12.7. The molecule has 13 atom stereocenters. The standard InChI is InChI=1S/C55H79NO14/c1-3-4-5-27-51(62)56-35-52-65-40(20-14-19-39-30-36(2)64-54(68-39)46-22-7-10-25-49(46)60)34-44(66-52)32-38(58)16-13-18-42-33-41(69-55(70-42)47-23-8-11-26-50(47)61)17-12-15-37(57)31-43-28-29-63-53(67-43)45-21-6-9-24-48(45)59/h6-11,21-26,36-44,52-55,57-61H,3-5,12-20,27-35H2,1-2H3,(H,56,62). The predicted octanol–water partition coefficient (Wildman–Crippen LogP) is 9.58. The molecule has 0 bridgehead atoms. The molecule has 3 aromatic rings. The molecule has 0 aromatic heterocycles. The first-order valence-corrected chi connectivity index (χ1v) is 26.2. The average Bonchev–Trinajstić information content (AvgIpc) is 3.34. The van der Waals surface area contributed by atoms with Crippen LogP contribution in [0.25, 0.3) is 0 Å². The highest BCUT2D eigenvalue weighted by atomic mass is 16.7. The third-order valence-corrected chi connectivity index (χ3v) is 14.0. The van der Waals surface area contributed by atoms with E-state index in [-0.39, 0.29) is 72.4 Å². The van der Waals surface area contributed by atoms with Gasteiger partial charge in [-0.2, -0.15) is 0 Å². The molecule has 13 unspecified atom stereocenters. The fourth-order valence-corrected chi connectivity index (χ4v) is 10.2. The average molecular weight is 978 g/mol. The summed E-state index contributed by atoms with van der Waals surface area (Å²) in [5.74, 6) is 0.346. The fourth-order valence-electron chi connectivity index (χ4n) is 10.2. The highest BCUT2D eigenvalue weighted by molar-refractivity contribution is 5.75. The Morgan fingerprint density at radius 2 is 1.04 bits per heavy atom. The number of aliphatic hydroxyl groups excluding tert-OH is 2. The molecule has 15 heteroatoms. The molecule has 4 fully saturated rings. The lowest BCUT2D eigenvalue weighted by Gasteiger charge is -2.38. The highest BCUT2D eigenvalue weighted by Gasteiger charge is 2.36. The second kappa shape index (κ2) is 27.8. The molecule has 0 radical (unpaired) electrons. The van der Waals surface area contributed by atoms with Gasteiger partial charge in [0.15, 0.2) is 25.2 Å². The van der Waals surface area contributed by atoms with Crippen LogP contribution in [0.2, 0.25) is 0 Å². The summed E-state index contributed by atoms with van der Waals surface area (Å²) in [6.07, 6.45) is 8.26. The maximum absolute atomic E-state index is 12.7. The van der Waals surface area contributed by atoms with Crippen LogP contribution in [0.1, 0.15) is 171 Å². The third kappa shape index (κ3) is 16.9.